The maximum atomic E-state index is 12.8. The quantitative estimate of drug-likeness (QED) is 0.787. The Morgan fingerprint density at radius 3 is 2.92 bits per heavy atom. The van der Waals surface area contributed by atoms with Crippen LogP contribution in [0.15, 0.2) is 36.5 Å². The van der Waals surface area contributed by atoms with Crippen molar-refractivity contribution in [3.05, 3.63) is 53.6 Å². The van der Waals surface area contributed by atoms with E-state index in [0.717, 1.165) is 48.5 Å². The molecule has 0 radical (unpaired) electrons. The number of rotatable bonds is 2. The standard InChI is InChI=1S/C19H22N4O/c1-13-6-3-8-15-17(13)21-18(20-15)14-7-4-11-23(12-14)19(24)16-9-5-10-22(16)2/h3,5-6,8-10,14H,4,7,11-12H2,1-2H3,(H,20,21). The monoisotopic (exact) mass is 322 g/mol. The summed E-state index contributed by atoms with van der Waals surface area (Å²) in [5.41, 5.74) is 4.05. The van der Waals surface area contributed by atoms with E-state index in [2.05, 4.69) is 24.0 Å². The zero-order valence-electron chi connectivity index (χ0n) is 14.1. The number of para-hydroxylation sites is 1. The third-order valence-electron chi connectivity index (χ3n) is 4.99. The summed E-state index contributed by atoms with van der Waals surface area (Å²) in [5, 5.41) is 0. The second kappa shape index (κ2) is 5.82. The first-order valence-electron chi connectivity index (χ1n) is 8.49. The first kappa shape index (κ1) is 15.0. The lowest BCUT2D eigenvalue weighted by Crippen LogP contribution is -2.40. The van der Waals surface area contributed by atoms with Gasteiger partial charge in [0.05, 0.1) is 11.0 Å². The number of aromatic nitrogens is 3. The predicted octanol–water partition coefficient (Wildman–Crippen LogP) is 3.23. The first-order valence-corrected chi connectivity index (χ1v) is 8.49. The molecule has 4 rings (SSSR count). The third-order valence-corrected chi connectivity index (χ3v) is 4.99. The highest BCUT2D eigenvalue weighted by atomic mass is 16.2. The number of benzene rings is 1. The number of H-pyrrole nitrogens is 1. The van der Waals surface area contributed by atoms with Crippen molar-refractivity contribution in [1.29, 1.82) is 0 Å². The summed E-state index contributed by atoms with van der Waals surface area (Å²) < 4.78 is 1.89. The van der Waals surface area contributed by atoms with Crippen molar-refractivity contribution in [3.8, 4) is 0 Å². The Balaban J connectivity index is 1.59. The van der Waals surface area contributed by atoms with Crippen LogP contribution in [0, 0.1) is 6.92 Å². The van der Waals surface area contributed by atoms with E-state index in [1.165, 1.54) is 5.56 Å². The number of amides is 1. The molecule has 0 aliphatic carbocycles. The summed E-state index contributed by atoms with van der Waals surface area (Å²) in [7, 11) is 1.91. The molecule has 5 nitrogen and oxygen atoms in total. The van der Waals surface area contributed by atoms with Gasteiger partial charge in [-0.3, -0.25) is 4.79 Å². The number of nitrogens with zero attached hydrogens (tertiary/aromatic N) is 3. The number of piperidine rings is 1. The molecule has 0 bridgehead atoms. The molecule has 5 heteroatoms. The van der Waals surface area contributed by atoms with Crippen LogP contribution >= 0.6 is 0 Å². The predicted molar refractivity (Wildman–Crippen MR) is 94.1 cm³/mol. The fraction of sp³-hybridized carbons (Fsp3) is 0.368. The van der Waals surface area contributed by atoms with Crippen LogP contribution in [0.2, 0.25) is 0 Å². The molecule has 1 N–H and O–H groups in total. The molecule has 1 aromatic carbocycles. The maximum Gasteiger partial charge on any atom is 0.270 e. The fourth-order valence-corrected chi connectivity index (χ4v) is 3.62. The Hall–Kier alpha value is -2.56. The van der Waals surface area contributed by atoms with Gasteiger partial charge in [-0.05, 0) is 43.5 Å². The highest BCUT2D eigenvalue weighted by Gasteiger charge is 2.28. The zero-order valence-corrected chi connectivity index (χ0v) is 14.1. The van der Waals surface area contributed by atoms with Gasteiger partial charge in [-0.15, -0.1) is 0 Å². The van der Waals surface area contributed by atoms with Gasteiger partial charge in [-0.2, -0.15) is 0 Å². The van der Waals surface area contributed by atoms with Crippen LogP contribution in [0.3, 0.4) is 0 Å². The van der Waals surface area contributed by atoms with Crippen LogP contribution < -0.4 is 0 Å². The van der Waals surface area contributed by atoms with Gasteiger partial charge in [0.2, 0.25) is 0 Å². The fourth-order valence-electron chi connectivity index (χ4n) is 3.62. The first-order chi connectivity index (χ1) is 11.6. The van der Waals surface area contributed by atoms with Crippen molar-refractivity contribution < 1.29 is 4.79 Å². The number of hydrogen-bond donors (Lipinski definition) is 1. The van der Waals surface area contributed by atoms with E-state index in [1.54, 1.807) is 0 Å². The second-order valence-electron chi connectivity index (χ2n) is 6.69. The van der Waals surface area contributed by atoms with E-state index in [9.17, 15) is 4.79 Å². The van der Waals surface area contributed by atoms with E-state index in [4.69, 9.17) is 4.98 Å². The SMILES string of the molecule is Cc1cccc2[nH]c(C3CCCN(C(=O)c4cccn4C)C3)nc12. The number of aryl methyl sites for hydroxylation is 2. The molecule has 0 saturated carbocycles. The van der Waals surface area contributed by atoms with Gasteiger partial charge >= 0.3 is 0 Å². The number of imidazole rings is 1. The van der Waals surface area contributed by atoms with Crippen molar-refractivity contribution in [2.24, 2.45) is 7.05 Å². The average molecular weight is 322 g/mol. The summed E-state index contributed by atoms with van der Waals surface area (Å²) >= 11 is 0. The van der Waals surface area contributed by atoms with Crippen molar-refractivity contribution in [2.75, 3.05) is 13.1 Å². The van der Waals surface area contributed by atoms with Gasteiger partial charge in [0.15, 0.2) is 0 Å². The van der Waals surface area contributed by atoms with E-state index < -0.39 is 0 Å². The maximum absolute atomic E-state index is 12.8. The molecule has 0 spiro atoms. The summed E-state index contributed by atoms with van der Waals surface area (Å²) in [6, 6.07) is 9.99. The molecular weight excluding hydrogens is 300 g/mol. The molecule has 124 valence electrons. The minimum Gasteiger partial charge on any atom is -0.347 e. The topological polar surface area (TPSA) is 53.9 Å². The molecule has 1 aliphatic heterocycles. The number of fused-ring (bicyclic) bond motifs is 1. The smallest absolute Gasteiger partial charge is 0.270 e. The summed E-state index contributed by atoms with van der Waals surface area (Å²) in [6.45, 7) is 3.63. The van der Waals surface area contributed by atoms with Gasteiger partial charge in [0, 0.05) is 32.3 Å². The van der Waals surface area contributed by atoms with Crippen LogP contribution in [0.1, 0.15) is 40.6 Å². The molecule has 1 unspecified atom stereocenters. The lowest BCUT2D eigenvalue weighted by molar-refractivity contribution is 0.0695. The summed E-state index contributed by atoms with van der Waals surface area (Å²) in [6.07, 6.45) is 3.99. The number of aromatic amines is 1. The number of hydrogen-bond acceptors (Lipinski definition) is 2. The molecule has 24 heavy (non-hydrogen) atoms. The van der Waals surface area contributed by atoms with Crippen LogP contribution in [0.4, 0.5) is 0 Å². The average Bonchev–Trinajstić information content (AvgIpc) is 3.21. The van der Waals surface area contributed by atoms with Crippen LogP contribution in [-0.2, 0) is 7.05 Å². The molecule has 1 atom stereocenters. The lowest BCUT2D eigenvalue weighted by Gasteiger charge is -2.32. The number of likely N-dealkylation sites (tertiary alicyclic amines) is 1. The molecule has 1 aliphatic rings. The van der Waals surface area contributed by atoms with Crippen molar-refractivity contribution in [1.82, 2.24) is 19.4 Å². The summed E-state index contributed by atoms with van der Waals surface area (Å²) in [4.78, 5) is 23.0. The Morgan fingerprint density at radius 1 is 1.29 bits per heavy atom. The van der Waals surface area contributed by atoms with E-state index >= 15 is 0 Å². The van der Waals surface area contributed by atoms with E-state index in [0.29, 0.717) is 0 Å². The van der Waals surface area contributed by atoms with E-state index in [1.807, 2.05) is 40.9 Å². The second-order valence-corrected chi connectivity index (χ2v) is 6.69. The highest BCUT2D eigenvalue weighted by Crippen LogP contribution is 2.28. The van der Waals surface area contributed by atoms with Gasteiger partial charge in [0.1, 0.15) is 11.5 Å². The molecular formula is C19H22N4O. The molecule has 1 fully saturated rings. The molecule has 3 heterocycles. The van der Waals surface area contributed by atoms with Gasteiger partial charge in [-0.1, -0.05) is 12.1 Å². The van der Waals surface area contributed by atoms with Crippen molar-refractivity contribution in [3.63, 3.8) is 0 Å². The third kappa shape index (κ3) is 2.50. The minimum atomic E-state index is 0.111. The lowest BCUT2D eigenvalue weighted by atomic mass is 9.97. The number of carbonyl (C=O) groups is 1. The van der Waals surface area contributed by atoms with Crippen molar-refractivity contribution in [2.45, 2.75) is 25.7 Å². The van der Waals surface area contributed by atoms with E-state index in [-0.39, 0.29) is 11.8 Å². The number of carbonyl (C=O) groups excluding carboxylic acids is 1. The van der Waals surface area contributed by atoms with Crippen LogP contribution in [-0.4, -0.2) is 38.4 Å². The van der Waals surface area contributed by atoms with Gasteiger partial charge < -0.3 is 14.5 Å². The Morgan fingerprint density at radius 2 is 2.17 bits per heavy atom. The van der Waals surface area contributed by atoms with Crippen LogP contribution in [0.25, 0.3) is 11.0 Å². The van der Waals surface area contributed by atoms with Gasteiger partial charge in [0.25, 0.3) is 5.91 Å². The molecule has 1 amide bonds. The highest BCUT2D eigenvalue weighted by molar-refractivity contribution is 5.92. The Kier molecular flexibility index (Phi) is 3.63. The molecule has 1 saturated heterocycles. The molecule has 3 aromatic rings. The Labute approximate surface area is 141 Å². The molecule has 2 aromatic heterocycles. The zero-order chi connectivity index (χ0) is 16.7. The normalized spacial score (nSPS) is 18.2. The largest absolute Gasteiger partial charge is 0.347 e. The van der Waals surface area contributed by atoms with Crippen LogP contribution in [0.5, 0.6) is 0 Å². The van der Waals surface area contributed by atoms with Gasteiger partial charge in [-0.25, -0.2) is 4.98 Å². The Bertz CT molecular complexity index is 892. The van der Waals surface area contributed by atoms with Crippen molar-refractivity contribution >= 4 is 16.9 Å². The number of nitrogens with one attached hydrogen (secondary N) is 1. The minimum absolute atomic E-state index is 0.111. The summed E-state index contributed by atoms with van der Waals surface area (Å²) in [5.74, 6) is 1.39.